The fourth-order valence-corrected chi connectivity index (χ4v) is 2.24. The normalized spacial score (nSPS) is 22.2. The number of hydrogen-bond donors (Lipinski definition) is 1. The van der Waals surface area contributed by atoms with Crippen LogP contribution in [-0.4, -0.2) is 36.3 Å². The highest BCUT2D eigenvalue weighted by atomic mass is 16.2. The fourth-order valence-electron chi connectivity index (χ4n) is 2.24. The van der Waals surface area contributed by atoms with Crippen molar-refractivity contribution in [3.05, 3.63) is 11.6 Å². The summed E-state index contributed by atoms with van der Waals surface area (Å²) < 4.78 is 0. The minimum atomic E-state index is -0.0901. The molecule has 1 heterocycles. The highest BCUT2D eigenvalue weighted by Crippen LogP contribution is 2.20. The number of imide groups is 1. The third-order valence-electron chi connectivity index (χ3n) is 3.20. The van der Waals surface area contributed by atoms with E-state index in [1.165, 1.54) is 23.3 Å². The number of carbonyl (C=O) groups excluding carboxylic acids is 2. The van der Waals surface area contributed by atoms with Gasteiger partial charge in [0.15, 0.2) is 0 Å². The summed E-state index contributed by atoms with van der Waals surface area (Å²) in [4.78, 5) is 24.4. The average molecular weight is 222 g/mol. The minimum Gasteiger partial charge on any atom is -0.300 e. The molecule has 1 N–H and O–H groups in total. The Morgan fingerprint density at radius 3 is 2.56 bits per heavy atom. The molecule has 2 aliphatic rings. The van der Waals surface area contributed by atoms with Gasteiger partial charge in [-0.3, -0.25) is 19.8 Å². The maximum Gasteiger partial charge on any atom is 0.243 e. The Labute approximate surface area is 95.7 Å². The lowest BCUT2D eigenvalue weighted by Gasteiger charge is -2.26. The molecule has 2 rings (SSSR count). The van der Waals surface area contributed by atoms with Crippen LogP contribution in [0.1, 0.15) is 32.1 Å². The van der Waals surface area contributed by atoms with Gasteiger partial charge in [0.25, 0.3) is 0 Å². The summed E-state index contributed by atoms with van der Waals surface area (Å²) in [7, 11) is 0. The van der Waals surface area contributed by atoms with Crippen molar-refractivity contribution in [3.8, 4) is 0 Å². The molecular formula is C12H18N2O2. The van der Waals surface area contributed by atoms with Crippen LogP contribution in [-0.2, 0) is 9.59 Å². The van der Waals surface area contributed by atoms with Gasteiger partial charge in [-0.05, 0) is 32.1 Å². The van der Waals surface area contributed by atoms with Gasteiger partial charge in [0, 0.05) is 6.54 Å². The Hall–Kier alpha value is -1.16. The molecule has 2 amide bonds. The number of hydrogen-bond acceptors (Lipinski definition) is 3. The highest BCUT2D eigenvalue weighted by molar-refractivity contribution is 5.99. The third kappa shape index (κ3) is 2.70. The Morgan fingerprint density at radius 2 is 1.94 bits per heavy atom. The molecule has 0 aromatic carbocycles. The molecule has 0 unspecified atom stereocenters. The van der Waals surface area contributed by atoms with Crippen LogP contribution in [0.25, 0.3) is 0 Å². The van der Waals surface area contributed by atoms with Gasteiger partial charge in [0.1, 0.15) is 0 Å². The highest BCUT2D eigenvalue weighted by Gasteiger charge is 2.25. The van der Waals surface area contributed by atoms with Gasteiger partial charge in [-0.2, -0.15) is 0 Å². The lowest BCUT2D eigenvalue weighted by Crippen LogP contribution is -2.52. The number of nitrogens with zero attached hydrogens (tertiary/aromatic N) is 1. The zero-order valence-electron chi connectivity index (χ0n) is 9.50. The lowest BCUT2D eigenvalue weighted by atomic mass is 9.97. The van der Waals surface area contributed by atoms with E-state index >= 15 is 0 Å². The Kier molecular flexibility index (Phi) is 3.72. The molecule has 4 heteroatoms. The van der Waals surface area contributed by atoms with E-state index in [1.54, 1.807) is 0 Å². The number of carbonyl (C=O) groups is 2. The summed E-state index contributed by atoms with van der Waals surface area (Å²) >= 11 is 0. The van der Waals surface area contributed by atoms with Gasteiger partial charge in [-0.1, -0.05) is 11.6 Å². The number of rotatable bonds is 3. The molecule has 16 heavy (non-hydrogen) atoms. The number of allylic oxidation sites excluding steroid dienone is 1. The zero-order valence-corrected chi connectivity index (χ0v) is 9.50. The third-order valence-corrected chi connectivity index (χ3v) is 3.20. The molecule has 1 fully saturated rings. The molecule has 0 aromatic rings. The Balaban J connectivity index is 1.86. The van der Waals surface area contributed by atoms with Crippen LogP contribution in [0.15, 0.2) is 11.6 Å². The van der Waals surface area contributed by atoms with Crippen molar-refractivity contribution in [2.75, 3.05) is 19.6 Å². The van der Waals surface area contributed by atoms with E-state index in [0.29, 0.717) is 19.6 Å². The van der Waals surface area contributed by atoms with Crippen LogP contribution < -0.4 is 5.32 Å². The molecule has 0 aromatic heterocycles. The van der Waals surface area contributed by atoms with Gasteiger partial charge in [-0.25, -0.2) is 0 Å². The Bertz CT molecular complexity index is 307. The molecule has 1 aliphatic carbocycles. The quantitative estimate of drug-likeness (QED) is 0.568. The van der Waals surface area contributed by atoms with Gasteiger partial charge >= 0.3 is 0 Å². The first kappa shape index (κ1) is 11.3. The van der Waals surface area contributed by atoms with E-state index in [9.17, 15) is 9.59 Å². The predicted octanol–water partition coefficient (Wildman–Crippen LogP) is 0.835. The van der Waals surface area contributed by atoms with Crippen molar-refractivity contribution < 1.29 is 9.59 Å². The maximum atomic E-state index is 11.5. The summed E-state index contributed by atoms with van der Waals surface area (Å²) in [6.07, 6.45) is 7.93. The molecule has 0 bridgehead atoms. The maximum absolute atomic E-state index is 11.5. The van der Waals surface area contributed by atoms with Crippen molar-refractivity contribution in [3.63, 3.8) is 0 Å². The van der Waals surface area contributed by atoms with Crippen molar-refractivity contribution >= 4 is 11.8 Å². The van der Waals surface area contributed by atoms with Crippen LogP contribution in [0.5, 0.6) is 0 Å². The van der Waals surface area contributed by atoms with E-state index in [0.717, 1.165) is 19.3 Å². The first-order chi connectivity index (χ1) is 7.77. The monoisotopic (exact) mass is 222 g/mol. The number of amides is 2. The first-order valence-electron chi connectivity index (χ1n) is 5.99. The molecule has 4 nitrogen and oxygen atoms in total. The van der Waals surface area contributed by atoms with Crippen LogP contribution in [0.2, 0.25) is 0 Å². The fraction of sp³-hybridized carbons (Fsp3) is 0.667. The van der Waals surface area contributed by atoms with E-state index in [1.807, 2.05) is 0 Å². The van der Waals surface area contributed by atoms with Gasteiger partial charge in [0.2, 0.25) is 11.8 Å². The standard InChI is InChI=1S/C12H18N2O2/c15-11-8-13-9-12(16)14(11)7-6-10-4-2-1-3-5-10/h4,13H,1-3,5-9H2. The summed E-state index contributed by atoms with van der Waals surface area (Å²) in [5.41, 5.74) is 1.41. The van der Waals surface area contributed by atoms with Gasteiger partial charge < -0.3 is 0 Å². The number of piperazine rings is 1. The minimum absolute atomic E-state index is 0.0901. The zero-order chi connectivity index (χ0) is 11.4. The summed E-state index contributed by atoms with van der Waals surface area (Å²) in [5.74, 6) is -0.180. The molecule has 1 saturated heterocycles. The van der Waals surface area contributed by atoms with E-state index in [2.05, 4.69) is 11.4 Å². The molecule has 0 radical (unpaired) electrons. The second kappa shape index (κ2) is 5.25. The van der Waals surface area contributed by atoms with Crippen LogP contribution in [0, 0.1) is 0 Å². The van der Waals surface area contributed by atoms with Crippen molar-refractivity contribution in [2.24, 2.45) is 0 Å². The van der Waals surface area contributed by atoms with E-state index < -0.39 is 0 Å². The second-order valence-electron chi connectivity index (χ2n) is 4.40. The van der Waals surface area contributed by atoms with Crippen molar-refractivity contribution in [2.45, 2.75) is 32.1 Å². The predicted molar refractivity (Wildman–Crippen MR) is 60.8 cm³/mol. The van der Waals surface area contributed by atoms with Crippen LogP contribution in [0.3, 0.4) is 0 Å². The smallest absolute Gasteiger partial charge is 0.243 e. The van der Waals surface area contributed by atoms with E-state index in [4.69, 9.17) is 0 Å². The lowest BCUT2D eigenvalue weighted by molar-refractivity contribution is -0.146. The van der Waals surface area contributed by atoms with Gasteiger partial charge in [-0.15, -0.1) is 0 Å². The SMILES string of the molecule is O=C1CNCC(=O)N1CCC1=CCCCC1. The number of nitrogens with one attached hydrogen (secondary N) is 1. The Morgan fingerprint density at radius 1 is 1.19 bits per heavy atom. The summed E-state index contributed by atoms with van der Waals surface area (Å²) in [6.45, 7) is 1.15. The molecule has 0 atom stereocenters. The summed E-state index contributed by atoms with van der Waals surface area (Å²) in [6, 6.07) is 0. The molecular weight excluding hydrogens is 204 g/mol. The summed E-state index contributed by atoms with van der Waals surface area (Å²) in [5, 5.41) is 2.80. The molecule has 88 valence electrons. The first-order valence-corrected chi connectivity index (χ1v) is 5.99. The van der Waals surface area contributed by atoms with Gasteiger partial charge in [0.05, 0.1) is 13.1 Å². The largest absolute Gasteiger partial charge is 0.300 e. The van der Waals surface area contributed by atoms with E-state index in [-0.39, 0.29) is 11.8 Å². The molecule has 0 spiro atoms. The molecule has 1 aliphatic heterocycles. The van der Waals surface area contributed by atoms with Crippen molar-refractivity contribution in [1.29, 1.82) is 0 Å². The topological polar surface area (TPSA) is 49.4 Å². The second-order valence-corrected chi connectivity index (χ2v) is 4.40. The van der Waals surface area contributed by atoms with Crippen LogP contribution in [0.4, 0.5) is 0 Å². The average Bonchev–Trinajstić information content (AvgIpc) is 2.30. The van der Waals surface area contributed by atoms with Crippen molar-refractivity contribution in [1.82, 2.24) is 10.2 Å². The molecule has 0 saturated carbocycles. The van der Waals surface area contributed by atoms with Crippen LogP contribution >= 0.6 is 0 Å².